The molecule has 2 amide bonds. The number of Topliss-reactive ketones (excluding diaryl/α,β-unsaturated/α-hetero) is 1. The highest BCUT2D eigenvalue weighted by molar-refractivity contribution is 5.77. The van der Waals surface area contributed by atoms with Crippen molar-refractivity contribution < 1.29 is 9.59 Å². The van der Waals surface area contributed by atoms with Crippen molar-refractivity contribution in [2.24, 2.45) is 5.73 Å². The van der Waals surface area contributed by atoms with Gasteiger partial charge < -0.3 is 10.5 Å². The van der Waals surface area contributed by atoms with Crippen molar-refractivity contribution in [2.45, 2.75) is 13.8 Å². The third kappa shape index (κ3) is 6.24. The van der Waals surface area contributed by atoms with Gasteiger partial charge in [0, 0.05) is 0 Å². The predicted octanol–water partition coefficient (Wildman–Crippen LogP) is 3.00. The van der Waals surface area contributed by atoms with E-state index in [-0.39, 0.29) is 5.78 Å². The van der Waals surface area contributed by atoms with E-state index in [0.29, 0.717) is 0 Å². The molecule has 0 unspecified atom stereocenters. The summed E-state index contributed by atoms with van der Waals surface area (Å²) < 4.78 is 0. The highest BCUT2D eigenvalue weighted by atomic mass is 16.2. The van der Waals surface area contributed by atoms with Gasteiger partial charge in [-0.3, -0.25) is 5.01 Å². The molecule has 0 bridgehead atoms. The summed E-state index contributed by atoms with van der Waals surface area (Å²) in [5.74, 6) is 0.167. The molecule has 0 spiro atoms. The highest BCUT2D eigenvalue weighted by Gasteiger charge is 2.09. The van der Waals surface area contributed by atoms with Gasteiger partial charge in [-0.2, -0.15) is 0 Å². The molecule has 0 aliphatic carbocycles. The second-order valence-electron chi connectivity index (χ2n) is 4.39. The summed E-state index contributed by atoms with van der Waals surface area (Å²) in [6.07, 6.45) is 0. The Morgan fingerprint density at radius 3 is 1.48 bits per heavy atom. The van der Waals surface area contributed by atoms with Gasteiger partial charge >= 0.3 is 6.03 Å². The fourth-order valence-electron chi connectivity index (χ4n) is 1.54. The van der Waals surface area contributed by atoms with Crippen molar-refractivity contribution in [3.63, 3.8) is 0 Å². The lowest BCUT2D eigenvalue weighted by molar-refractivity contribution is -0.114. The number of amides is 2. The molecule has 3 N–H and O–H groups in total. The molecular weight excluding hydrogens is 266 g/mol. The number of hydrogen-bond acceptors (Lipinski definition) is 3. The highest BCUT2D eigenvalue weighted by Crippen LogP contribution is 2.22. The van der Waals surface area contributed by atoms with Crippen LogP contribution in [0.3, 0.4) is 0 Å². The molecule has 0 aromatic heterocycles. The smallest absolute Gasteiger partial charge is 0.331 e. The fraction of sp³-hybridized carbons (Fsp3) is 0.125. The van der Waals surface area contributed by atoms with Gasteiger partial charge in [-0.05, 0) is 38.1 Å². The van der Waals surface area contributed by atoms with Gasteiger partial charge in [-0.25, -0.2) is 10.2 Å². The van der Waals surface area contributed by atoms with Crippen LogP contribution in [0, 0.1) is 0 Å². The van der Waals surface area contributed by atoms with Crippen LogP contribution in [0.2, 0.25) is 0 Å². The number of ketones is 1. The number of carbonyl (C=O) groups is 2. The maximum Gasteiger partial charge on any atom is 0.331 e. The lowest BCUT2D eigenvalue weighted by atomic mass is 10.2. The SMILES string of the molecule is CC(C)=O.NC(=O)NN(c1ccccc1)c1ccccc1. The molecule has 0 aliphatic heterocycles. The molecule has 2 aromatic carbocycles. The molecule has 0 saturated heterocycles. The topological polar surface area (TPSA) is 75.4 Å². The van der Waals surface area contributed by atoms with Gasteiger partial charge in [-0.15, -0.1) is 0 Å². The maximum atomic E-state index is 11.0. The van der Waals surface area contributed by atoms with Crippen molar-refractivity contribution in [3.8, 4) is 0 Å². The quantitative estimate of drug-likeness (QED) is 0.851. The molecule has 0 fully saturated rings. The number of benzene rings is 2. The molecule has 0 saturated carbocycles. The number of nitrogens with one attached hydrogen (secondary N) is 1. The van der Waals surface area contributed by atoms with Crippen LogP contribution >= 0.6 is 0 Å². The van der Waals surface area contributed by atoms with Crippen molar-refractivity contribution in [3.05, 3.63) is 60.7 Å². The number of carbonyl (C=O) groups excluding carboxylic acids is 2. The standard InChI is InChI=1S/C13H13N3O.C3H6O/c14-13(17)15-16(11-7-3-1-4-8-11)12-9-5-2-6-10-12;1-3(2)4/h1-10H,(H3,14,15,17);1-2H3. The molecule has 21 heavy (non-hydrogen) atoms. The number of urea groups is 1. The van der Waals surface area contributed by atoms with Crippen LogP contribution in [0.25, 0.3) is 0 Å². The fourth-order valence-corrected chi connectivity index (χ4v) is 1.54. The van der Waals surface area contributed by atoms with E-state index in [4.69, 9.17) is 5.73 Å². The maximum absolute atomic E-state index is 11.0. The minimum absolute atomic E-state index is 0.167. The number of primary amides is 1. The Kier molecular flexibility index (Phi) is 6.47. The largest absolute Gasteiger partial charge is 0.350 e. The first-order chi connectivity index (χ1) is 10.0. The first-order valence-electron chi connectivity index (χ1n) is 6.44. The minimum Gasteiger partial charge on any atom is -0.350 e. The lowest BCUT2D eigenvalue weighted by Crippen LogP contribution is -2.42. The van der Waals surface area contributed by atoms with Gasteiger partial charge in [0.1, 0.15) is 5.78 Å². The third-order valence-electron chi connectivity index (χ3n) is 2.25. The van der Waals surface area contributed by atoms with Gasteiger partial charge in [0.2, 0.25) is 0 Å². The Balaban J connectivity index is 0.000000491. The second-order valence-corrected chi connectivity index (χ2v) is 4.39. The Labute approximate surface area is 124 Å². The summed E-state index contributed by atoms with van der Waals surface area (Å²) >= 11 is 0. The van der Waals surface area contributed by atoms with Gasteiger partial charge in [0.15, 0.2) is 0 Å². The first kappa shape index (κ1) is 16.2. The third-order valence-corrected chi connectivity index (χ3v) is 2.25. The van der Waals surface area contributed by atoms with E-state index < -0.39 is 6.03 Å². The molecule has 0 atom stereocenters. The van der Waals surface area contributed by atoms with E-state index in [1.807, 2.05) is 60.7 Å². The molecular formula is C16H19N3O2. The number of anilines is 2. The van der Waals surface area contributed by atoms with Crippen molar-refractivity contribution >= 4 is 23.2 Å². The van der Waals surface area contributed by atoms with Crippen molar-refractivity contribution in [2.75, 3.05) is 5.01 Å². The Hall–Kier alpha value is -2.82. The number of nitrogens with zero attached hydrogens (tertiary/aromatic N) is 1. The molecule has 2 aromatic rings. The van der Waals surface area contributed by atoms with E-state index in [1.165, 1.54) is 13.8 Å². The molecule has 2 rings (SSSR count). The Morgan fingerprint density at radius 2 is 1.19 bits per heavy atom. The van der Waals surface area contributed by atoms with E-state index in [9.17, 15) is 9.59 Å². The summed E-state index contributed by atoms with van der Waals surface area (Å²) in [4.78, 5) is 20.5. The second kappa shape index (κ2) is 8.37. The van der Waals surface area contributed by atoms with Gasteiger partial charge in [-0.1, -0.05) is 36.4 Å². The zero-order valence-corrected chi connectivity index (χ0v) is 12.1. The van der Waals surface area contributed by atoms with Crippen LogP contribution in [-0.4, -0.2) is 11.8 Å². The molecule has 5 heteroatoms. The van der Waals surface area contributed by atoms with Crippen LogP contribution < -0.4 is 16.2 Å². The van der Waals surface area contributed by atoms with Crippen LogP contribution in [0.5, 0.6) is 0 Å². The minimum atomic E-state index is -0.599. The Morgan fingerprint density at radius 1 is 0.857 bits per heavy atom. The van der Waals surface area contributed by atoms with E-state index in [2.05, 4.69) is 5.43 Å². The number of para-hydroxylation sites is 2. The number of nitrogens with two attached hydrogens (primary N) is 1. The van der Waals surface area contributed by atoms with Crippen LogP contribution in [0.4, 0.5) is 16.2 Å². The van der Waals surface area contributed by atoms with E-state index in [0.717, 1.165) is 11.4 Å². The predicted molar refractivity (Wildman–Crippen MR) is 84.1 cm³/mol. The lowest BCUT2D eigenvalue weighted by Gasteiger charge is -2.24. The number of rotatable bonds is 3. The Bertz CT molecular complexity index is 527. The summed E-state index contributed by atoms with van der Waals surface area (Å²) in [5, 5.41) is 1.64. The monoisotopic (exact) mass is 285 g/mol. The summed E-state index contributed by atoms with van der Waals surface area (Å²) in [7, 11) is 0. The summed E-state index contributed by atoms with van der Waals surface area (Å²) in [5.41, 5.74) is 9.45. The van der Waals surface area contributed by atoms with Gasteiger partial charge in [0.25, 0.3) is 0 Å². The molecule has 0 heterocycles. The summed E-state index contributed by atoms with van der Waals surface area (Å²) in [6, 6.07) is 18.4. The van der Waals surface area contributed by atoms with E-state index in [1.54, 1.807) is 5.01 Å². The van der Waals surface area contributed by atoms with Gasteiger partial charge in [0.05, 0.1) is 11.4 Å². The average Bonchev–Trinajstić information content (AvgIpc) is 2.46. The number of hydrogen-bond donors (Lipinski definition) is 2. The zero-order valence-electron chi connectivity index (χ0n) is 12.1. The zero-order chi connectivity index (χ0) is 15.7. The molecule has 5 nitrogen and oxygen atoms in total. The van der Waals surface area contributed by atoms with Crippen LogP contribution in [0.15, 0.2) is 60.7 Å². The number of hydrazine groups is 1. The molecule has 0 aliphatic rings. The van der Waals surface area contributed by atoms with Crippen molar-refractivity contribution in [1.82, 2.24) is 5.43 Å². The first-order valence-corrected chi connectivity index (χ1v) is 6.44. The average molecular weight is 285 g/mol. The summed E-state index contributed by atoms with van der Waals surface area (Å²) in [6.45, 7) is 3.06. The molecule has 0 radical (unpaired) electrons. The van der Waals surface area contributed by atoms with Crippen LogP contribution in [0.1, 0.15) is 13.8 Å². The van der Waals surface area contributed by atoms with Crippen molar-refractivity contribution in [1.29, 1.82) is 0 Å². The van der Waals surface area contributed by atoms with E-state index >= 15 is 0 Å². The molecule has 110 valence electrons. The normalized spacial score (nSPS) is 9.05. The van der Waals surface area contributed by atoms with Crippen LogP contribution in [-0.2, 0) is 4.79 Å².